The number of hydrogen-bond donors (Lipinski definition) is 2. The van der Waals surface area contributed by atoms with Gasteiger partial charge >= 0.3 is 5.97 Å². The molecule has 0 aliphatic carbocycles. The summed E-state index contributed by atoms with van der Waals surface area (Å²) in [7, 11) is -1.84. The predicted octanol–water partition coefficient (Wildman–Crippen LogP) is 1.98. The molecule has 0 spiro atoms. The molecule has 2 N–H and O–H groups in total. The lowest BCUT2D eigenvalue weighted by Crippen LogP contribution is -2.65. The molecule has 0 aliphatic heterocycles. The number of hydrogen-bond acceptors (Lipinski definition) is 4. The Kier molecular flexibility index (Phi) is 7.15. The number of benzene rings is 2. The van der Waals surface area contributed by atoms with E-state index >= 15 is 0 Å². The monoisotopic (exact) mass is 399 g/mol. The average Bonchev–Trinajstić information content (AvgIpc) is 2.70. The van der Waals surface area contributed by atoms with Crippen LogP contribution in [0.25, 0.3) is 0 Å². The van der Waals surface area contributed by atoms with E-state index in [2.05, 4.69) is 5.32 Å². The van der Waals surface area contributed by atoms with Gasteiger partial charge in [-0.05, 0) is 28.3 Å². The zero-order chi connectivity index (χ0) is 20.8. The molecule has 1 atom stereocenters. The minimum Gasteiger partial charge on any atom is -0.467 e. The number of rotatable bonds is 8. The molecular formula is C22H29NO4Si. The highest BCUT2D eigenvalue weighted by Gasteiger charge is 2.49. The van der Waals surface area contributed by atoms with Gasteiger partial charge in [-0.2, -0.15) is 0 Å². The van der Waals surface area contributed by atoms with Gasteiger partial charge in [-0.25, -0.2) is 4.79 Å². The van der Waals surface area contributed by atoms with Gasteiger partial charge in [0, 0.05) is 6.92 Å². The highest BCUT2D eigenvalue weighted by atomic mass is 28.4. The highest BCUT2D eigenvalue weighted by Crippen LogP contribution is 2.40. The summed E-state index contributed by atoms with van der Waals surface area (Å²) in [5.41, 5.74) is 0. The quantitative estimate of drug-likeness (QED) is 0.526. The third-order valence-electron chi connectivity index (χ3n) is 5.28. The molecule has 2 aromatic carbocycles. The first-order valence-corrected chi connectivity index (χ1v) is 11.4. The van der Waals surface area contributed by atoms with Crippen molar-refractivity contribution in [3.05, 3.63) is 60.7 Å². The van der Waals surface area contributed by atoms with Gasteiger partial charge in [0.2, 0.25) is 5.91 Å². The van der Waals surface area contributed by atoms with E-state index in [9.17, 15) is 14.4 Å². The molecule has 0 fully saturated rings. The first kappa shape index (κ1) is 21.9. The molecule has 6 heteroatoms. The van der Waals surface area contributed by atoms with Gasteiger partial charge in [0.05, 0.1) is 7.11 Å². The Balaban J connectivity index is 2.39. The Morgan fingerprint density at radius 2 is 1.50 bits per heavy atom. The highest BCUT2D eigenvalue weighted by molar-refractivity contribution is 6.98. The van der Waals surface area contributed by atoms with Crippen molar-refractivity contribution in [2.24, 2.45) is 0 Å². The Bertz CT molecular complexity index is 753. The van der Waals surface area contributed by atoms with Gasteiger partial charge < -0.3 is 14.8 Å². The van der Waals surface area contributed by atoms with Crippen LogP contribution in [0.1, 0.15) is 33.6 Å². The van der Waals surface area contributed by atoms with Crippen LogP contribution in [0.5, 0.6) is 0 Å². The van der Waals surface area contributed by atoms with Crippen LogP contribution in [-0.2, 0) is 14.3 Å². The number of amides is 1. The number of carbonyl (C=O) groups is 2. The van der Waals surface area contributed by atoms with Crippen LogP contribution in [0.15, 0.2) is 60.7 Å². The number of methoxy groups -OCH3 is 1. The van der Waals surface area contributed by atoms with Crippen molar-refractivity contribution < 1.29 is 19.1 Å². The summed E-state index contributed by atoms with van der Waals surface area (Å²) in [6, 6.07) is 18.7. The summed E-state index contributed by atoms with van der Waals surface area (Å²) in [4.78, 5) is 35.7. The lowest BCUT2D eigenvalue weighted by molar-refractivity contribution is -0.145. The number of ether oxygens (including phenoxy) is 1. The molecule has 5 nitrogen and oxygen atoms in total. The molecule has 0 saturated heterocycles. The van der Waals surface area contributed by atoms with Crippen molar-refractivity contribution in [3.8, 4) is 0 Å². The summed E-state index contributed by atoms with van der Waals surface area (Å²) in [5, 5.41) is 3.99. The number of esters is 1. The minimum atomic E-state index is -3.15. The largest absolute Gasteiger partial charge is 0.467 e. The molecule has 0 saturated carbocycles. The first-order chi connectivity index (χ1) is 13.2. The van der Waals surface area contributed by atoms with Crippen molar-refractivity contribution >= 4 is 30.6 Å². The molecule has 0 unspecified atom stereocenters. The van der Waals surface area contributed by atoms with Crippen LogP contribution < -0.4 is 15.7 Å². The molecule has 150 valence electrons. The van der Waals surface area contributed by atoms with E-state index in [4.69, 9.17) is 4.74 Å². The average molecular weight is 400 g/mol. The van der Waals surface area contributed by atoms with Crippen LogP contribution in [0.4, 0.5) is 0 Å². The van der Waals surface area contributed by atoms with Crippen molar-refractivity contribution in [3.63, 3.8) is 0 Å². The van der Waals surface area contributed by atoms with E-state index in [-0.39, 0.29) is 5.91 Å². The minimum absolute atomic E-state index is 0.285. The molecule has 2 rings (SSSR count). The fraction of sp³-hybridized carbons (Fsp3) is 0.364. The maximum atomic E-state index is 12.1. The Labute approximate surface area is 167 Å². The van der Waals surface area contributed by atoms with Crippen molar-refractivity contribution in [1.29, 1.82) is 0 Å². The van der Waals surface area contributed by atoms with E-state index in [1.165, 1.54) is 14.0 Å². The molecule has 28 heavy (non-hydrogen) atoms. The van der Waals surface area contributed by atoms with Crippen molar-refractivity contribution in [2.45, 2.75) is 44.7 Å². The standard InChI is InChI=1S/C22H29NO4Si/c1-17(24)23-20(21(25)27-4)15-16-22(2,3)28(26,18-11-7-5-8-12-18)19-13-9-6-10-14-19/h5-14,20,26H,15-16H2,1-4H3,(H,23,24)/t20-/m1/s1. The van der Waals surface area contributed by atoms with Crippen LogP contribution in [0.3, 0.4) is 0 Å². The maximum Gasteiger partial charge on any atom is 0.328 e. The van der Waals surface area contributed by atoms with E-state index in [1.54, 1.807) is 0 Å². The summed E-state index contributed by atoms with van der Waals surface area (Å²) in [6.45, 7) is 5.43. The van der Waals surface area contributed by atoms with Gasteiger partial charge in [-0.15, -0.1) is 0 Å². The molecule has 0 radical (unpaired) electrons. The summed E-state index contributed by atoms with van der Waals surface area (Å²) in [6.07, 6.45) is 0.924. The van der Waals surface area contributed by atoms with Crippen molar-refractivity contribution in [2.75, 3.05) is 7.11 Å². The third-order valence-corrected chi connectivity index (χ3v) is 9.83. The van der Waals surface area contributed by atoms with Crippen LogP contribution in [0.2, 0.25) is 5.04 Å². The summed E-state index contributed by atoms with van der Waals surface area (Å²) >= 11 is 0. The second kappa shape index (κ2) is 9.17. The molecule has 2 aromatic rings. The molecule has 0 bridgehead atoms. The van der Waals surface area contributed by atoms with Crippen LogP contribution in [0, 0.1) is 0 Å². The summed E-state index contributed by atoms with van der Waals surface area (Å²) in [5.74, 6) is -0.762. The Hall–Kier alpha value is -2.44. The molecular weight excluding hydrogens is 370 g/mol. The third kappa shape index (κ3) is 4.69. The van der Waals surface area contributed by atoms with Gasteiger partial charge in [-0.1, -0.05) is 74.5 Å². The van der Waals surface area contributed by atoms with Crippen molar-refractivity contribution in [1.82, 2.24) is 5.32 Å². The normalized spacial score (nSPS) is 12.9. The van der Waals surface area contributed by atoms with E-state index < -0.39 is 25.4 Å². The second-order valence-electron chi connectivity index (χ2n) is 7.64. The smallest absolute Gasteiger partial charge is 0.328 e. The number of carbonyl (C=O) groups excluding carboxylic acids is 2. The lowest BCUT2D eigenvalue weighted by Gasteiger charge is -2.41. The zero-order valence-electron chi connectivity index (χ0n) is 16.9. The van der Waals surface area contributed by atoms with Gasteiger partial charge in [0.15, 0.2) is 0 Å². The van der Waals surface area contributed by atoms with Gasteiger partial charge in [0.1, 0.15) is 6.04 Å². The van der Waals surface area contributed by atoms with E-state index in [0.29, 0.717) is 12.8 Å². The SMILES string of the molecule is COC(=O)[C@@H](CCC(C)(C)[Si](O)(c1ccccc1)c1ccccc1)NC(C)=O. The first-order valence-electron chi connectivity index (χ1n) is 9.40. The molecule has 0 heterocycles. The Morgan fingerprint density at radius 1 is 1.04 bits per heavy atom. The molecule has 0 aromatic heterocycles. The fourth-order valence-corrected chi connectivity index (χ4v) is 7.38. The lowest BCUT2D eigenvalue weighted by atomic mass is 10.0. The van der Waals surface area contributed by atoms with Crippen LogP contribution in [-0.4, -0.2) is 38.1 Å². The second-order valence-corrected chi connectivity index (χ2v) is 11.6. The zero-order valence-corrected chi connectivity index (χ0v) is 17.9. The summed E-state index contributed by atoms with van der Waals surface area (Å²) < 4.78 is 4.83. The topological polar surface area (TPSA) is 75.6 Å². The number of nitrogens with one attached hydrogen (secondary N) is 1. The molecule has 1 amide bonds. The maximum absolute atomic E-state index is 12.1. The van der Waals surface area contributed by atoms with Gasteiger partial charge in [-0.3, -0.25) is 4.79 Å². The van der Waals surface area contributed by atoms with Crippen LogP contribution >= 0.6 is 0 Å². The molecule has 0 aliphatic rings. The fourth-order valence-electron chi connectivity index (χ4n) is 3.63. The predicted molar refractivity (Wildman–Crippen MR) is 113 cm³/mol. The van der Waals surface area contributed by atoms with E-state index in [0.717, 1.165) is 10.4 Å². The van der Waals surface area contributed by atoms with Gasteiger partial charge in [0.25, 0.3) is 8.32 Å². The van der Waals surface area contributed by atoms with E-state index in [1.807, 2.05) is 74.5 Å². The Morgan fingerprint density at radius 3 is 1.89 bits per heavy atom.